The van der Waals surface area contributed by atoms with Crippen molar-refractivity contribution in [1.82, 2.24) is 0 Å². The smallest absolute Gasteiger partial charge is 0.472 e. The van der Waals surface area contributed by atoms with Gasteiger partial charge in [0.1, 0.15) is 19.8 Å². The Morgan fingerprint density at radius 1 is 0.667 bits per heavy atom. The SMILES string of the molecule is CCCCCCCCCCCCCC/C=C/OC[C@H](COP(=O)(O)OCC[N+](C)(C)C)OC(=O)CCC/C=C\C/C=C\C/C=C\C/C=C\CC[C@H](O)CC. The molecular formula is C44H81NO8P+. The predicted molar refractivity (Wildman–Crippen MR) is 225 cm³/mol. The first-order valence-corrected chi connectivity index (χ1v) is 22.6. The molecule has 0 aromatic heterocycles. The molecule has 0 heterocycles. The highest BCUT2D eigenvalue weighted by Gasteiger charge is 2.26. The number of aliphatic hydroxyl groups is 1. The van der Waals surface area contributed by atoms with Crippen LogP contribution in [0.3, 0.4) is 0 Å². The van der Waals surface area contributed by atoms with Crippen molar-refractivity contribution < 1.29 is 42.4 Å². The Bertz CT molecular complexity index is 1070. The molecule has 54 heavy (non-hydrogen) atoms. The van der Waals surface area contributed by atoms with E-state index in [1.807, 2.05) is 34.1 Å². The lowest BCUT2D eigenvalue weighted by atomic mass is 10.0. The van der Waals surface area contributed by atoms with Gasteiger partial charge in [0.25, 0.3) is 0 Å². The van der Waals surface area contributed by atoms with Crippen molar-refractivity contribution in [2.75, 3.05) is 47.5 Å². The number of rotatable bonds is 38. The van der Waals surface area contributed by atoms with Gasteiger partial charge in [-0.3, -0.25) is 13.8 Å². The second kappa shape index (κ2) is 36.6. The van der Waals surface area contributed by atoms with Gasteiger partial charge in [-0.1, -0.05) is 133 Å². The van der Waals surface area contributed by atoms with E-state index in [9.17, 15) is 19.4 Å². The number of phosphoric acid groups is 1. The van der Waals surface area contributed by atoms with Gasteiger partial charge >= 0.3 is 13.8 Å². The van der Waals surface area contributed by atoms with Crippen LogP contribution in [-0.4, -0.2) is 80.2 Å². The second-order valence-corrected chi connectivity index (χ2v) is 16.7. The zero-order valence-electron chi connectivity index (χ0n) is 35.1. The maximum atomic E-state index is 12.6. The Balaban J connectivity index is 4.44. The zero-order chi connectivity index (χ0) is 40.0. The minimum Gasteiger partial charge on any atom is -0.498 e. The van der Waals surface area contributed by atoms with Crippen molar-refractivity contribution in [2.24, 2.45) is 0 Å². The van der Waals surface area contributed by atoms with Crippen LogP contribution in [0.1, 0.15) is 155 Å². The fraction of sp³-hybridized carbons (Fsp3) is 0.750. The lowest BCUT2D eigenvalue weighted by Crippen LogP contribution is -2.37. The topological polar surface area (TPSA) is 112 Å². The molecule has 0 saturated heterocycles. The Hall–Kier alpha value is -2.00. The van der Waals surface area contributed by atoms with Crippen molar-refractivity contribution in [3.63, 3.8) is 0 Å². The summed E-state index contributed by atoms with van der Waals surface area (Å²) in [7, 11) is 1.57. The molecule has 0 fully saturated rings. The minimum absolute atomic E-state index is 0.0156. The predicted octanol–water partition coefficient (Wildman–Crippen LogP) is 11.5. The molecular weight excluding hydrogens is 701 g/mol. The van der Waals surface area contributed by atoms with Gasteiger partial charge in [-0.15, -0.1) is 0 Å². The van der Waals surface area contributed by atoms with Gasteiger partial charge in [0.2, 0.25) is 0 Å². The molecule has 2 N–H and O–H groups in total. The number of nitrogens with zero attached hydrogens (tertiary/aromatic N) is 1. The molecule has 0 saturated carbocycles. The number of ether oxygens (including phenoxy) is 2. The van der Waals surface area contributed by atoms with Crippen LogP contribution < -0.4 is 0 Å². The van der Waals surface area contributed by atoms with E-state index in [1.165, 1.54) is 70.6 Å². The summed E-state index contributed by atoms with van der Waals surface area (Å²) in [6.07, 6.45) is 43.0. The number of aliphatic hydroxyl groups excluding tert-OH is 1. The number of carbonyl (C=O) groups is 1. The molecule has 314 valence electrons. The van der Waals surface area contributed by atoms with Crippen LogP contribution in [0.4, 0.5) is 0 Å². The van der Waals surface area contributed by atoms with Gasteiger partial charge in [0.05, 0.1) is 40.1 Å². The highest BCUT2D eigenvalue weighted by molar-refractivity contribution is 7.47. The molecule has 0 aliphatic rings. The molecule has 0 rings (SSSR count). The fourth-order valence-corrected chi connectivity index (χ4v) is 6.06. The number of esters is 1. The van der Waals surface area contributed by atoms with Crippen molar-refractivity contribution in [3.05, 3.63) is 60.9 Å². The van der Waals surface area contributed by atoms with Gasteiger partial charge in [-0.25, -0.2) is 4.57 Å². The average molecular weight is 783 g/mol. The molecule has 1 unspecified atom stereocenters. The highest BCUT2D eigenvalue weighted by atomic mass is 31.2. The molecule has 3 atom stereocenters. The number of hydrogen-bond acceptors (Lipinski definition) is 7. The quantitative estimate of drug-likeness (QED) is 0.0159. The monoisotopic (exact) mass is 783 g/mol. The fourth-order valence-electron chi connectivity index (χ4n) is 5.31. The molecule has 0 bridgehead atoms. The Labute approximate surface area is 331 Å². The summed E-state index contributed by atoms with van der Waals surface area (Å²) >= 11 is 0. The van der Waals surface area contributed by atoms with Crippen molar-refractivity contribution in [1.29, 1.82) is 0 Å². The Morgan fingerprint density at radius 2 is 1.19 bits per heavy atom. The minimum atomic E-state index is -4.31. The molecule has 0 spiro atoms. The third kappa shape index (κ3) is 39.7. The molecule has 10 heteroatoms. The summed E-state index contributed by atoms with van der Waals surface area (Å²) in [4.78, 5) is 22.8. The van der Waals surface area contributed by atoms with E-state index in [1.54, 1.807) is 6.26 Å². The third-order valence-corrected chi connectivity index (χ3v) is 9.79. The first kappa shape index (κ1) is 52.0. The second-order valence-electron chi connectivity index (χ2n) is 15.2. The van der Waals surface area contributed by atoms with E-state index >= 15 is 0 Å². The molecule has 0 aliphatic heterocycles. The zero-order valence-corrected chi connectivity index (χ0v) is 35.9. The Morgan fingerprint density at radius 3 is 1.74 bits per heavy atom. The van der Waals surface area contributed by atoms with Crippen LogP contribution in [0.15, 0.2) is 60.9 Å². The standard InChI is InChI=1S/C44H80NO8P/c1-6-8-9-10-11-12-13-14-19-22-25-28-31-34-38-50-40-43(41-52-54(48,49)51-39-37-45(3,4)5)53-44(47)36-33-30-27-24-21-18-16-15-17-20-23-26-29-32-35-42(46)7-2/h16-18,20,24,26-27,29,34,38,42-43,46H,6-15,19,21-23,25,28,30-33,35-37,39-41H2,1-5H3/p+1/b18-16-,20-17-,27-24-,29-26-,38-34+/t42-,43-/m1/s1. The number of unbranched alkanes of at least 4 members (excludes halogenated alkanes) is 13. The molecule has 9 nitrogen and oxygen atoms in total. The van der Waals surface area contributed by atoms with Gasteiger partial charge in [0.15, 0.2) is 6.10 Å². The van der Waals surface area contributed by atoms with E-state index in [4.69, 9.17) is 18.5 Å². The maximum absolute atomic E-state index is 12.6. The molecule has 0 amide bonds. The molecule has 0 aromatic carbocycles. The lowest BCUT2D eigenvalue weighted by Gasteiger charge is -2.24. The average Bonchev–Trinajstić information content (AvgIpc) is 3.12. The van der Waals surface area contributed by atoms with Crippen molar-refractivity contribution in [3.8, 4) is 0 Å². The normalized spacial score (nSPS) is 14.9. The van der Waals surface area contributed by atoms with Gasteiger partial charge in [-0.2, -0.15) is 0 Å². The summed E-state index contributed by atoms with van der Waals surface area (Å²) < 4.78 is 34.6. The molecule has 0 radical (unpaired) electrons. The number of quaternary nitrogens is 1. The van der Waals surface area contributed by atoms with Crippen LogP contribution in [-0.2, 0) is 27.9 Å². The van der Waals surface area contributed by atoms with E-state index < -0.39 is 19.9 Å². The Kier molecular flexibility index (Phi) is 35.3. The lowest BCUT2D eigenvalue weighted by molar-refractivity contribution is -0.870. The summed E-state index contributed by atoms with van der Waals surface area (Å²) in [6.45, 7) is 4.56. The highest BCUT2D eigenvalue weighted by Crippen LogP contribution is 2.43. The number of carbonyl (C=O) groups excluding carboxylic acids is 1. The van der Waals surface area contributed by atoms with Crippen LogP contribution in [0.5, 0.6) is 0 Å². The molecule has 0 aliphatic carbocycles. The summed E-state index contributed by atoms with van der Waals surface area (Å²) in [6, 6.07) is 0. The number of likely N-dealkylation sites (N-methyl/N-ethyl adjacent to an activating group) is 1. The van der Waals surface area contributed by atoms with Gasteiger partial charge in [-0.05, 0) is 70.3 Å². The first-order valence-electron chi connectivity index (χ1n) is 21.2. The maximum Gasteiger partial charge on any atom is 0.472 e. The summed E-state index contributed by atoms with van der Waals surface area (Å²) in [5.41, 5.74) is 0. The van der Waals surface area contributed by atoms with E-state index in [0.717, 1.165) is 57.8 Å². The molecule has 0 aromatic rings. The summed E-state index contributed by atoms with van der Waals surface area (Å²) in [5, 5.41) is 9.56. The van der Waals surface area contributed by atoms with Crippen molar-refractivity contribution in [2.45, 2.75) is 167 Å². The van der Waals surface area contributed by atoms with Crippen LogP contribution in [0, 0.1) is 0 Å². The van der Waals surface area contributed by atoms with Crippen LogP contribution >= 0.6 is 7.82 Å². The van der Waals surface area contributed by atoms with Crippen LogP contribution in [0.25, 0.3) is 0 Å². The van der Waals surface area contributed by atoms with Gasteiger partial charge in [0, 0.05) is 6.42 Å². The number of phosphoric ester groups is 1. The van der Waals surface area contributed by atoms with E-state index in [0.29, 0.717) is 17.4 Å². The van der Waals surface area contributed by atoms with Gasteiger partial charge < -0.3 is 24.0 Å². The largest absolute Gasteiger partial charge is 0.498 e. The first-order chi connectivity index (χ1) is 26.0. The van der Waals surface area contributed by atoms with E-state index in [-0.39, 0.29) is 32.3 Å². The number of hydrogen-bond donors (Lipinski definition) is 2. The summed E-state index contributed by atoms with van der Waals surface area (Å²) in [5.74, 6) is -0.403. The van der Waals surface area contributed by atoms with E-state index in [2.05, 4.69) is 55.5 Å². The van der Waals surface area contributed by atoms with Crippen LogP contribution in [0.2, 0.25) is 0 Å². The van der Waals surface area contributed by atoms with Crippen molar-refractivity contribution >= 4 is 13.8 Å². The third-order valence-electron chi connectivity index (χ3n) is 8.81. The number of allylic oxidation sites excluding steroid dienone is 9.